The number of rotatable bonds is 4. The predicted molar refractivity (Wildman–Crippen MR) is 129 cm³/mol. The number of ether oxygens (including phenoxy) is 2. The maximum atomic E-state index is 11.9. The molecule has 0 aromatic heterocycles. The summed E-state index contributed by atoms with van der Waals surface area (Å²) in [7, 11) is 1.37. The van der Waals surface area contributed by atoms with E-state index in [1.807, 2.05) is 18.0 Å². The third kappa shape index (κ3) is 4.29. The van der Waals surface area contributed by atoms with Crippen molar-refractivity contribution < 1.29 is 17.9 Å². The van der Waals surface area contributed by atoms with Crippen LogP contribution >= 0.6 is 21.0 Å². The fraction of sp³-hybridized carbons (Fsp3) is 0.381. The fourth-order valence-corrected chi connectivity index (χ4v) is 6.28. The molecule has 4 rings (SSSR count). The van der Waals surface area contributed by atoms with E-state index in [4.69, 9.17) is 15.2 Å². The van der Waals surface area contributed by atoms with E-state index in [9.17, 15) is 8.42 Å². The van der Waals surface area contributed by atoms with E-state index in [1.165, 1.54) is 6.26 Å². The maximum Gasteiger partial charge on any atom is 0.228 e. The van der Waals surface area contributed by atoms with Crippen molar-refractivity contribution in [2.45, 2.75) is 24.0 Å². The van der Waals surface area contributed by atoms with E-state index >= 15 is 0 Å². The summed E-state index contributed by atoms with van der Waals surface area (Å²) in [6.07, 6.45) is 4.37. The molecule has 2 N–H and O–H groups in total. The highest BCUT2D eigenvalue weighted by molar-refractivity contribution is 8.06. The summed E-state index contributed by atoms with van der Waals surface area (Å²) >= 11 is 1.59. The molecule has 0 bridgehead atoms. The molecule has 0 radical (unpaired) electrons. The second-order valence-electron chi connectivity index (χ2n) is 7.97. The summed E-state index contributed by atoms with van der Waals surface area (Å²) in [5.41, 5.74) is 8.77. The molecule has 3 heterocycles. The SMILES string of the molecule is CC1COC/C(=C\N)C1OC1=C2SC=C(c3ccc(S(C)(=O)=O)cc3P)C2N(C)C=N1. The first-order valence-electron chi connectivity index (χ1n) is 9.82. The highest BCUT2D eigenvalue weighted by Gasteiger charge is 2.37. The normalized spacial score (nSPS) is 27.5. The van der Waals surface area contributed by atoms with Crippen molar-refractivity contribution in [1.82, 2.24) is 4.90 Å². The van der Waals surface area contributed by atoms with Crippen molar-refractivity contribution in [3.63, 3.8) is 0 Å². The Morgan fingerprint density at radius 2 is 2.19 bits per heavy atom. The molecule has 0 aliphatic carbocycles. The van der Waals surface area contributed by atoms with Crippen molar-refractivity contribution in [2.75, 3.05) is 26.5 Å². The van der Waals surface area contributed by atoms with Gasteiger partial charge in [-0.25, -0.2) is 13.4 Å². The minimum Gasteiger partial charge on any atom is -0.469 e. The molecule has 1 fully saturated rings. The standard InChI is InChI=1S/C21H26N3O4PS2/c1-12-8-27-9-13(7-22)19(12)28-21-20-18(24(2)11-23-21)16(10-30-20)15-5-4-14(6-17(15)29)31(3,25)26/h4-7,10-12,18-19H,8-9,22,29H2,1-3H3/b13-7+. The van der Waals surface area contributed by atoms with Crippen LogP contribution in [0, 0.1) is 5.92 Å². The fourth-order valence-electron chi connectivity index (χ4n) is 3.93. The van der Waals surface area contributed by atoms with Gasteiger partial charge in [-0.2, -0.15) is 0 Å². The Morgan fingerprint density at radius 3 is 2.87 bits per heavy atom. The summed E-state index contributed by atoms with van der Waals surface area (Å²) in [6, 6.07) is 5.16. The van der Waals surface area contributed by atoms with Gasteiger partial charge in [0.2, 0.25) is 5.88 Å². The lowest BCUT2D eigenvalue weighted by atomic mass is 9.96. The van der Waals surface area contributed by atoms with E-state index in [0.29, 0.717) is 24.0 Å². The lowest BCUT2D eigenvalue weighted by Gasteiger charge is -2.35. The highest BCUT2D eigenvalue weighted by atomic mass is 32.2. The van der Waals surface area contributed by atoms with Gasteiger partial charge >= 0.3 is 0 Å². The van der Waals surface area contributed by atoms with Gasteiger partial charge in [0.15, 0.2) is 9.84 Å². The molecule has 1 aromatic carbocycles. The first kappa shape index (κ1) is 22.4. The summed E-state index contributed by atoms with van der Waals surface area (Å²) in [4.78, 5) is 7.91. The van der Waals surface area contributed by atoms with Gasteiger partial charge in [-0.1, -0.05) is 24.8 Å². The van der Waals surface area contributed by atoms with Gasteiger partial charge in [0.25, 0.3) is 0 Å². The Hall–Kier alpha value is -1.80. The molecule has 10 heteroatoms. The minimum absolute atomic E-state index is 0.0543. The third-order valence-electron chi connectivity index (χ3n) is 5.58. The third-order valence-corrected chi connectivity index (χ3v) is 8.19. The van der Waals surface area contributed by atoms with Gasteiger partial charge in [-0.05, 0) is 40.2 Å². The second-order valence-corrected chi connectivity index (χ2v) is 11.5. The number of hydrogen-bond donors (Lipinski definition) is 1. The molecule has 0 spiro atoms. The largest absolute Gasteiger partial charge is 0.469 e. The smallest absolute Gasteiger partial charge is 0.228 e. The lowest BCUT2D eigenvalue weighted by molar-refractivity contribution is -0.00497. The van der Waals surface area contributed by atoms with Gasteiger partial charge in [0, 0.05) is 24.8 Å². The minimum atomic E-state index is -3.26. The Bertz CT molecular complexity index is 1130. The van der Waals surface area contributed by atoms with Crippen molar-refractivity contribution in [2.24, 2.45) is 16.6 Å². The number of sulfone groups is 1. The van der Waals surface area contributed by atoms with E-state index in [0.717, 1.165) is 26.9 Å². The number of nitrogens with zero attached hydrogens (tertiary/aromatic N) is 2. The van der Waals surface area contributed by atoms with Gasteiger partial charge in [0.05, 0.1) is 35.4 Å². The van der Waals surface area contributed by atoms with Crippen LogP contribution in [0.25, 0.3) is 5.57 Å². The molecule has 1 saturated heterocycles. The highest BCUT2D eigenvalue weighted by Crippen LogP contribution is 2.46. The molecular formula is C21H26N3O4PS2. The van der Waals surface area contributed by atoms with Crippen LogP contribution in [-0.2, 0) is 19.3 Å². The van der Waals surface area contributed by atoms with Crippen molar-refractivity contribution in [3.05, 3.63) is 51.7 Å². The maximum absolute atomic E-state index is 11.9. The number of nitrogens with two attached hydrogens (primary N) is 1. The number of hydrogen-bond acceptors (Lipinski definition) is 8. The average Bonchev–Trinajstić information content (AvgIpc) is 3.16. The average molecular weight is 480 g/mol. The van der Waals surface area contributed by atoms with Crippen molar-refractivity contribution >= 4 is 48.1 Å². The van der Waals surface area contributed by atoms with E-state index in [2.05, 4.69) is 26.6 Å². The Kier molecular flexibility index (Phi) is 6.23. The number of fused-ring (bicyclic) bond motifs is 1. The Morgan fingerprint density at radius 1 is 1.42 bits per heavy atom. The zero-order chi connectivity index (χ0) is 22.3. The molecule has 7 nitrogen and oxygen atoms in total. The molecule has 1 aromatic rings. The van der Waals surface area contributed by atoms with Crippen molar-refractivity contribution in [1.29, 1.82) is 0 Å². The zero-order valence-corrected chi connectivity index (χ0v) is 20.4. The van der Waals surface area contributed by atoms with Crippen LogP contribution in [-0.4, -0.2) is 58.3 Å². The van der Waals surface area contributed by atoms with Crippen LogP contribution in [0.1, 0.15) is 12.5 Å². The van der Waals surface area contributed by atoms with E-state index in [-0.39, 0.29) is 18.1 Å². The Labute approximate surface area is 189 Å². The van der Waals surface area contributed by atoms with Crippen LogP contribution in [0.4, 0.5) is 0 Å². The first-order valence-corrected chi connectivity index (χ1v) is 13.2. The number of likely N-dealkylation sites (N-methyl/N-ethyl adjacent to an activating group) is 1. The van der Waals surface area contributed by atoms with Crippen LogP contribution in [0.15, 0.2) is 56.1 Å². The van der Waals surface area contributed by atoms with Gasteiger partial charge in [-0.3, -0.25) is 0 Å². The second kappa shape index (κ2) is 8.62. The van der Waals surface area contributed by atoms with Gasteiger partial charge < -0.3 is 20.1 Å². The summed E-state index contributed by atoms with van der Waals surface area (Å²) in [5.74, 6) is 0.751. The van der Waals surface area contributed by atoms with Gasteiger partial charge in [0.1, 0.15) is 6.10 Å². The Balaban J connectivity index is 1.66. The summed E-state index contributed by atoms with van der Waals surface area (Å²) < 4.78 is 35.8. The lowest BCUT2D eigenvalue weighted by Crippen LogP contribution is -2.38. The number of thioether (sulfide) groups is 1. The van der Waals surface area contributed by atoms with Crippen LogP contribution in [0.3, 0.4) is 0 Å². The summed E-state index contributed by atoms with van der Waals surface area (Å²) in [5, 5.41) is 2.92. The predicted octanol–water partition coefficient (Wildman–Crippen LogP) is 2.08. The van der Waals surface area contributed by atoms with Crippen LogP contribution in [0.5, 0.6) is 0 Å². The first-order chi connectivity index (χ1) is 14.7. The topological polar surface area (TPSA) is 94.2 Å². The van der Waals surface area contributed by atoms with Crippen LogP contribution in [0.2, 0.25) is 0 Å². The van der Waals surface area contributed by atoms with Crippen LogP contribution < -0.4 is 11.0 Å². The molecule has 3 aliphatic heterocycles. The van der Waals surface area contributed by atoms with Gasteiger partial charge in [-0.15, -0.1) is 9.24 Å². The molecule has 31 heavy (non-hydrogen) atoms. The quantitative estimate of drug-likeness (QED) is 0.661. The molecule has 166 valence electrons. The van der Waals surface area contributed by atoms with E-state index < -0.39 is 9.84 Å². The molecule has 0 amide bonds. The summed E-state index contributed by atoms with van der Waals surface area (Å²) in [6.45, 7) is 3.14. The number of benzene rings is 1. The molecule has 4 atom stereocenters. The molecule has 0 saturated carbocycles. The monoisotopic (exact) mass is 479 g/mol. The zero-order valence-electron chi connectivity index (χ0n) is 17.6. The molecular weight excluding hydrogens is 453 g/mol. The molecule has 3 aliphatic rings. The molecule has 4 unspecified atom stereocenters. The van der Waals surface area contributed by atoms with E-state index in [1.54, 1.807) is 36.4 Å². The number of aliphatic imine (C=N–C) groups is 1. The van der Waals surface area contributed by atoms with Crippen molar-refractivity contribution in [3.8, 4) is 0 Å².